The van der Waals surface area contributed by atoms with Crippen molar-refractivity contribution in [1.82, 2.24) is 10.0 Å². The molecule has 0 fully saturated rings. The first kappa shape index (κ1) is 23.5. The molecular formula is C20H22ClN3O5S. The molecule has 2 aromatic carbocycles. The molecule has 0 saturated heterocycles. The van der Waals surface area contributed by atoms with Crippen LogP contribution in [0.25, 0.3) is 0 Å². The molecule has 2 N–H and O–H groups in total. The van der Waals surface area contributed by atoms with E-state index in [0.29, 0.717) is 28.5 Å². The Morgan fingerprint density at radius 1 is 1.17 bits per heavy atom. The van der Waals surface area contributed by atoms with E-state index in [1.165, 1.54) is 19.2 Å². The smallest absolute Gasteiger partial charge is 0.240 e. The molecule has 2 rings (SSSR count). The van der Waals surface area contributed by atoms with Gasteiger partial charge < -0.3 is 14.8 Å². The predicted octanol–water partition coefficient (Wildman–Crippen LogP) is 2.47. The zero-order chi connectivity index (χ0) is 22.0. The summed E-state index contributed by atoms with van der Waals surface area (Å²) >= 11 is 5.80. The average molecular weight is 452 g/mol. The van der Waals surface area contributed by atoms with Gasteiger partial charge in [0.2, 0.25) is 15.9 Å². The van der Waals surface area contributed by atoms with E-state index in [1.54, 1.807) is 30.3 Å². The van der Waals surface area contributed by atoms with Crippen molar-refractivity contribution < 1.29 is 22.7 Å². The second kappa shape index (κ2) is 11.4. The van der Waals surface area contributed by atoms with Crippen molar-refractivity contribution in [3.05, 3.63) is 53.1 Å². The number of amides is 1. The lowest BCUT2D eigenvalue weighted by atomic mass is 10.2. The van der Waals surface area contributed by atoms with E-state index in [-0.39, 0.29) is 36.9 Å². The van der Waals surface area contributed by atoms with Crippen LogP contribution < -0.4 is 19.5 Å². The number of benzene rings is 2. The number of sulfonamides is 1. The Balaban J connectivity index is 1.67. The Hall–Kier alpha value is -2.80. The number of ether oxygens (including phenoxy) is 2. The van der Waals surface area contributed by atoms with E-state index < -0.39 is 10.0 Å². The summed E-state index contributed by atoms with van der Waals surface area (Å²) in [6, 6.07) is 12.8. The van der Waals surface area contributed by atoms with Crippen molar-refractivity contribution in [1.29, 1.82) is 5.26 Å². The van der Waals surface area contributed by atoms with Crippen LogP contribution in [-0.2, 0) is 14.8 Å². The minimum atomic E-state index is -3.68. The molecule has 0 heterocycles. The molecule has 2 aromatic rings. The first-order valence-electron chi connectivity index (χ1n) is 9.08. The summed E-state index contributed by atoms with van der Waals surface area (Å²) in [4.78, 5) is 11.9. The number of methoxy groups -OCH3 is 1. The molecule has 0 spiro atoms. The molecule has 0 atom stereocenters. The highest BCUT2D eigenvalue weighted by Crippen LogP contribution is 2.27. The maximum absolute atomic E-state index is 12.1. The summed E-state index contributed by atoms with van der Waals surface area (Å²) in [6.45, 7) is 0.500. The number of carbonyl (C=O) groups excluding carboxylic acids is 1. The largest absolute Gasteiger partial charge is 0.493 e. The molecule has 30 heavy (non-hydrogen) atoms. The molecule has 0 aliphatic rings. The molecule has 160 valence electrons. The Labute approximate surface area is 180 Å². The molecule has 0 aromatic heterocycles. The van der Waals surface area contributed by atoms with Crippen molar-refractivity contribution in [3.63, 3.8) is 0 Å². The van der Waals surface area contributed by atoms with Crippen LogP contribution in [0.5, 0.6) is 11.5 Å². The third kappa shape index (κ3) is 7.22. The van der Waals surface area contributed by atoms with Crippen molar-refractivity contribution in [2.24, 2.45) is 0 Å². The molecular weight excluding hydrogens is 430 g/mol. The molecule has 8 nitrogen and oxygen atoms in total. The van der Waals surface area contributed by atoms with Gasteiger partial charge in [-0.05, 0) is 36.8 Å². The number of nitriles is 1. The van der Waals surface area contributed by atoms with Gasteiger partial charge in [0.05, 0.1) is 30.2 Å². The lowest BCUT2D eigenvalue weighted by molar-refractivity contribution is -0.121. The van der Waals surface area contributed by atoms with Crippen LogP contribution >= 0.6 is 11.6 Å². The minimum Gasteiger partial charge on any atom is -0.493 e. The van der Waals surface area contributed by atoms with Crippen molar-refractivity contribution in [2.45, 2.75) is 17.7 Å². The zero-order valence-electron chi connectivity index (χ0n) is 16.4. The molecule has 0 unspecified atom stereocenters. The number of nitrogens with zero attached hydrogens (tertiary/aromatic N) is 1. The van der Waals surface area contributed by atoms with E-state index in [9.17, 15) is 13.2 Å². The highest BCUT2D eigenvalue weighted by Gasteiger charge is 2.13. The Kier molecular flexibility index (Phi) is 8.92. The summed E-state index contributed by atoms with van der Waals surface area (Å²) in [5.74, 6) is 0.727. The Bertz CT molecular complexity index is 1020. The highest BCUT2D eigenvalue weighted by atomic mass is 35.5. The summed E-state index contributed by atoms with van der Waals surface area (Å²) in [7, 11) is -2.20. The minimum absolute atomic E-state index is 0.0551. The fourth-order valence-corrected chi connectivity index (χ4v) is 3.80. The van der Waals surface area contributed by atoms with E-state index >= 15 is 0 Å². The highest BCUT2D eigenvalue weighted by molar-refractivity contribution is 7.89. The predicted molar refractivity (Wildman–Crippen MR) is 112 cm³/mol. The Morgan fingerprint density at radius 2 is 1.97 bits per heavy atom. The van der Waals surface area contributed by atoms with E-state index in [2.05, 4.69) is 10.0 Å². The molecule has 0 aliphatic heterocycles. The number of carbonyl (C=O) groups is 1. The number of hydrogen-bond acceptors (Lipinski definition) is 6. The quantitative estimate of drug-likeness (QED) is 0.507. The number of halogens is 1. The summed E-state index contributed by atoms with van der Waals surface area (Å²) in [5, 5.41) is 11.9. The zero-order valence-corrected chi connectivity index (χ0v) is 17.9. The SMILES string of the molecule is COc1cc(C#N)ccc1OCCCC(=O)NCCNS(=O)(=O)c1cccc(Cl)c1. The first-order valence-corrected chi connectivity index (χ1v) is 10.9. The van der Waals surface area contributed by atoms with E-state index in [0.717, 1.165) is 0 Å². The number of hydrogen-bond donors (Lipinski definition) is 2. The normalized spacial score (nSPS) is 10.8. The van der Waals surface area contributed by atoms with E-state index in [1.807, 2.05) is 6.07 Å². The van der Waals surface area contributed by atoms with Gasteiger partial charge in [0, 0.05) is 30.6 Å². The first-order chi connectivity index (χ1) is 14.4. The maximum Gasteiger partial charge on any atom is 0.240 e. The molecule has 10 heteroatoms. The third-order valence-corrected chi connectivity index (χ3v) is 5.64. The van der Waals surface area contributed by atoms with Gasteiger partial charge in [0.25, 0.3) is 0 Å². The lowest BCUT2D eigenvalue weighted by Crippen LogP contribution is -2.34. The van der Waals surface area contributed by atoms with Crippen LogP contribution in [0.15, 0.2) is 47.4 Å². The van der Waals surface area contributed by atoms with Gasteiger partial charge in [-0.15, -0.1) is 0 Å². The lowest BCUT2D eigenvalue weighted by Gasteiger charge is -2.11. The summed E-state index contributed by atoms with van der Waals surface area (Å²) in [5.41, 5.74) is 0.463. The van der Waals surface area contributed by atoms with Gasteiger partial charge in [-0.25, -0.2) is 13.1 Å². The van der Waals surface area contributed by atoms with Crippen LogP contribution in [0.3, 0.4) is 0 Å². The van der Waals surface area contributed by atoms with Crippen LogP contribution in [0.2, 0.25) is 5.02 Å². The van der Waals surface area contributed by atoms with Crippen LogP contribution in [0.4, 0.5) is 0 Å². The van der Waals surface area contributed by atoms with Gasteiger partial charge in [-0.1, -0.05) is 17.7 Å². The van der Waals surface area contributed by atoms with Gasteiger partial charge in [0.15, 0.2) is 11.5 Å². The summed E-state index contributed by atoms with van der Waals surface area (Å²) < 4.78 is 37.5. The molecule has 0 saturated carbocycles. The van der Waals surface area contributed by atoms with Gasteiger partial charge in [-0.3, -0.25) is 4.79 Å². The maximum atomic E-state index is 12.1. The monoisotopic (exact) mass is 451 g/mol. The van der Waals surface area contributed by atoms with Gasteiger partial charge >= 0.3 is 0 Å². The van der Waals surface area contributed by atoms with Crippen molar-refractivity contribution in [2.75, 3.05) is 26.8 Å². The molecule has 1 amide bonds. The fourth-order valence-electron chi connectivity index (χ4n) is 2.46. The van der Waals surface area contributed by atoms with Crippen LogP contribution in [0.1, 0.15) is 18.4 Å². The van der Waals surface area contributed by atoms with Gasteiger partial charge in [-0.2, -0.15) is 5.26 Å². The average Bonchev–Trinajstić information content (AvgIpc) is 2.74. The second-order valence-electron chi connectivity index (χ2n) is 6.13. The topological polar surface area (TPSA) is 118 Å². The van der Waals surface area contributed by atoms with E-state index in [4.69, 9.17) is 26.3 Å². The van der Waals surface area contributed by atoms with Crippen molar-refractivity contribution >= 4 is 27.5 Å². The standard InChI is InChI=1S/C20H22ClN3O5S/c1-28-19-12-15(14-22)7-8-18(19)29-11-3-6-20(25)23-9-10-24-30(26,27)17-5-2-4-16(21)13-17/h2,4-5,7-8,12-13,24H,3,6,9-11H2,1H3,(H,23,25). The molecule has 0 aliphatic carbocycles. The van der Waals surface area contributed by atoms with Crippen LogP contribution in [-0.4, -0.2) is 41.1 Å². The fraction of sp³-hybridized carbons (Fsp3) is 0.300. The molecule has 0 bridgehead atoms. The Morgan fingerprint density at radius 3 is 2.67 bits per heavy atom. The van der Waals surface area contributed by atoms with Crippen LogP contribution in [0, 0.1) is 11.3 Å². The third-order valence-electron chi connectivity index (χ3n) is 3.94. The number of rotatable bonds is 11. The van der Waals surface area contributed by atoms with Gasteiger partial charge in [0.1, 0.15) is 0 Å². The second-order valence-corrected chi connectivity index (χ2v) is 8.34. The number of nitrogens with one attached hydrogen (secondary N) is 2. The molecule has 0 radical (unpaired) electrons. The summed E-state index contributed by atoms with van der Waals surface area (Å²) in [6.07, 6.45) is 0.683. The van der Waals surface area contributed by atoms with Crippen molar-refractivity contribution in [3.8, 4) is 17.6 Å².